The first kappa shape index (κ1) is 16.7. The zero-order valence-electron chi connectivity index (χ0n) is 11.4. The summed E-state index contributed by atoms with van der Waals surface area (Å²) in [5.74, 6) is 0.822. The fourth-order valence-corrected chi connectivity index (χ4v) is 2.57. The highest BCUT2D eigenvalue weighted by Gasteiger charge is 2.33. The molecule has 2 atom stereocenters. The van der Waals surface area contributed by atoms with Gasteiger partial charge in [0.05, 0.1) is 5.54 Å². The van der Waals surface area contributed by atoms with Gasteiger partial charge in [-0.25, -0.2) is 0 Å². The minimum atomic E-state index is -0.662. The Kier molecular flexibility index (Phi) is 7.10. The summed E-state index contributed by atoms with van der Waals surface area (Å²) in [6.45, 7) is 7.95. The average Bonchev–Trinajstić information content (AvgIpc) is 2.28. The number of rotatable bonds is 4. The summed E-state index contributed by atoms with van der Waals surface area (Å²) >= 11 is 0. The average molecular weight is 263 g/mol. The molecule has 1 heterocycles. The van der Waals surface area contributed by atoms with Crippen molar-refractivity contribution in [3.63, 3.8) is 0 Å². The lowest BCUT2D eigenvalue weighted by Gasteiger charge is -2.37. The Balaban J connectivity index is 0.00000256. The van der Waals surface area contributed by atoms with E-state index in [1.807, 2.05) is 11.8 Å². The summed E-state index contributed by atoms with van der Waals surface area (Å²) in [7, 11) is 0. The van der Waals surface area contributed by atoms with Crippen LogP contribution in [0.1, 0.15) is 52.9 Å². The van der Waals surface area contributed by atoms with Crippen LogP contribution in [0.2, 0.25) is 0 Å². The maximum Gasteiger partial charge on any atom is 0.242 e. The molecule has 1 rings (SSSR count). The highest BCUT2D eigenvalue weighted by molar-refractivity contribution is 5.86. The fraction of sp³-hybridized carbons (Fsp3) is 0.923. The van der Waals surface area contributed by atoms with Crippen LogP contribution in [0.25, 0.3) is 0 Å². The molecular formula is C13H27ClN2O. The number of nitrogens with two attached hydrogens (primary N) is 1. The highest BCUT2D eigenvalue weighted by atomic mass is 35.5. The maximum atomic E-state index is 12.3. The van der Waals surface area contributed by atoms with Crippen molar-refractivity contribution < 1.29 is 4.79 Å². The number of halogens is 1. The van der Waals surface area contributed by atoms with E-state index in [1.165, 1.54) is 12.8 Å². The third kappa shape index (κ3) is 4.47. The van der Waals surface area contributed by atoms with E-state index < -0.39 is 5.54 Å². The zero-order valence-corrected chi connectivity index (χ0v) is 12.2. The van der Waals surface area contributed by atoms with Crippen molar-refractivity contribution in [2.75, 3.05) is 13.1 Å². The summed E-state index contributed by atoms with van der Waals surface area (Å²) in [6, 6.07) is 0. The molecule has 0 aromatic rings. The molecule has 1 aliphatic rings. The predicted octanol–water partition coefficient (Wildman–Crippen LogP) is 2.57. The zero-order chi connectivity index (χ0) is 12.2. The Morgan fingerprint density at radius 3 is 2.65 bits per heavy atom. The standard InChI is InChI=1S/C13H26N2O.ClH/c1-4-8-13(3,14)12(16)15-9-6-7-11(5-2)10-15;/h11H,4-10,14H2,1-3H3;1H. The number of hydrogen-bond acceptors (Lipinski definition) is 2. The molecule has 102 valence electrons. The second kappa shape index (κ2) is 7.22. The van der Waals surface area contributed by atoms with Crippen molar-refractivity contribution in [2.45, 2.75) is 58.4 Å². The van der Waals surface area contributed by atoms with Crippen LogP contribution in [0, 0.1) is 5.92 Å². The summed E-state index contributed by atoms with van der Waals surface area (Å²) in [5.41, 5.74) is 5.43. The lowest BCUT2D eigenvalue weighted by atomic mass is 9.91. The van der Waals surface area contributed by atoms with Crippen molar-refractivity contribution in [1.29, 1.82) is 0 Å². The molecule has 0 spiro atoms. The van der Waals surface area contributed by atoms with Gasteiger partial charge in [0.25, 0.3) is 0 Å². The van der Waals surface area contributed by atoms with Crippen LogP contribution in [-0.4, -0.2) is 29.4 Å². The predicted molar refractivity (Wildman–Crippen MR) is 74.3 cm³/mol. The normalized spacial score (nSPS) is 23.8. The second-order valence-electron chi connectivity index (χ2n) is 5.34. The Morgan fingerprint density at radius 1 is 1.47 bits per heavy atom. The van der Waals surface area contributed by atoms with Crippen LogP contribution in [0.5, 0.6) is 0 Å². The SMILES string of the molecule is CCCC(C)(N)C(=O)N1CCCC(CC)C1.Cl. The Bertz CT molecular complexity index is 244. The molecule has 0 bridgehead atoms. The van der Waals surface area contributed by atoms with E-state index in [0.717, 1.165) is 32.4 Å². The van der Waals surface area contributed by atoms with Gasteiger partial charge in [0.2, 0.25) is 5.91 Å². The molecule has 1 amide bonds. The molecular weight excluding hydrogens is 236 g/mol. The van der Waals surface area contributed by atoms with Gasteiger partial charge in [-0.05, 0) is 32.1 Å². The first-order valence-electron chi connectivity index (χ1n) is 6.59. The van der Waals surface area contributed by atoms with Gasteiger partial charge < -0.3 is 10.6 Å². The van der Waals surface area contributed by atoms with Crippen molar-refractivity contribution in [3.05, 3.63) is 0 Å². The monoisotopic (exact) mass is 262 g/mol. The summed E-state index contributed by atoms with van der Waals surface area (Å²) in [6.07, 6.45) is 5.30. The number of likely N-dealkylation sites (tertiary alicyclic amines) is 1. The quantitative estimate of drug-likeness (QED) is 0.847. The Labute approximate surface area is 112 Å². The highest BCUT2D eigenvalue weighted by Crippen LogP contribution is 2.22. The van der Waals surface area contributed by atoms with E-state index in [0.29, 0.717) is 5.92 Å². The topological polar surface area (TPSA) is 46.3 Å². The molecule has 2 unspecified atom stereocenters. The van der Waals surface area contributed by atoms with Crippen LogP contribution in [0.15, 0.2) is 0 Å². The van der Waals surface area contributed by atoms with Gasteiger partial charge in [0, 0.05) is 13.1 Å². The van der Waals surface area contributed by atoms with Gasteiger partial charge >= 0.3 is 0 Å². The number of piperidine rings is 1. The minimum Gasteiger partial charge on any atom is -0.341 e. The smallest absolute Gasteiger partial charge is 0.242 e. The number of carbonyl (C=O) groups excluding carboxylic acids is 1. The molecule has 17 heavy (non-hydrogen) atoms. The van der Waals surface area contributed by atoms with E-state index in [1.54, 1.807) is 0 Å². The minimum absolute atomic E-state index is 0. The fourth-order valence-electron chi connectivity index (χ4n) is 2.57. The number of amides is 1. The Hall–Kier alpha value is -0.280. The first-order valence-corrected chi connectivity index (χ1v) is 6.59. The molecule has 4 heteroatoms. The third-order valence-corrected chi connectivity index (χ3v) is 3.64. The van der Waals surface area contributed by atoms with Crippen molar-refractivity contribution in [3.8, 4) is 0 Å². The molecule has 0 aromatic heterocycles. The van der Waals surface area contributed by atoms with Crippen LogP contribution in [0.4, 0.5) is 0 Å². The van der Waals surface area contributed by atoms with E-state index >= 15 is 0 Å². The van der Waals surface area contributed by atoms with Gasteiger partial charge in [0.1, 0.15) is 0 Å². The van der Waals surface area contributed by atoms with Gasteiger partial charge in [-0.1, -0.05) is 26.7 Å². The van der Waals surface area contributed by atoms with E-state index in [4.69, 9.17) is 5.73 Å². The number of nitrogens with zero attached hydrogens (tertiary/aromatic N) is 1. The largest absolute Gasteiger partial charge is 0.341 e. The summed E-state index contributed by atoms with van der Waals surface area (Å²) in [4.78, 5) is 14.3. The molecule has 0 aliphatic carbocycles. The third-order valence-electron chi connectivity index (χ3n) is 3.64. The number of carbonyl (C=O) groups is 1. The maximum absolute atomic E-state index is 12.3. The van der Waals surface area contributed by atoms with Crippen molar-refractivity contribution >= 4 is 18.3 Å². The van der Waals surface area contributed by atoms with Crippen LogP contribution >= 0.6 is 12.4 Å². The van der Waals surface area contributed by atoms with Crippen LogP contribution < -0.4 is 5.73 Å². The van der Waals surface area contributed by atoms with Gasteiger partial charge in [-0.3, -0.25) is 4.79 Å². The number of hydrogen-bond donors (Lipinski definition) is 1. The Morgan fingerprint density at radius 2 is 2.12 bits per heavy atom. The second-order valence-corrected chi connectivity index (χ2v) is 5.34. The lowest BCUT2D eigenvalue weighted by Crippen LogP contribution is -2.55. The molecule has 1 aliphatic heterocycles. The molecule has 1 saturated heterocycles. The van der Waals surface area contributed by atoms with Gasteiger partial charge in [0.15, 0.2) is 0 Å². The molecule has 1 fully saturated rings. The molecule has 3 nitrogen and oxygen atoms in total. The van der Waals surface area contributed by atoms with Gasteiger partial charge in [-0.2, -0.15) is 0 Å². The molecule has 0 radical (unpaired) electrons. The van der Waals surface area contributed by atoms with Crippen LogP contribution in [-0.2, 0) is 4.79 Å². The van der Waals surface area contributed by atoms with Crippen LogP contribution in [0.3, 0.4) is 0 Å². The molecule has 2 N–H and O–H groups in total. The molecule has 0 aromatic carbocycles. The van der Waals surface area contributed by atoms with E-state index in [9.17, 15) is 4.79 Å². The van der Waals surface area contributed by atoms with Gasteiger partial charge in [-0.15, -0.1) is 12.4 Å². The van der Waals surface area contributed by atoms with Crippen molar-refractivity contribution in [1.82, 2.24) is 4.90 Å². The van der Waals surface area contributed by atoms with Crippen molar-refractivity contribution in [2.24, 2.45) is 11.7 Å². The lowest BCUT2D eigenvalue weighted by molar-refractivity contribution is -0.138. The van der Waals surface area contributed by atoms with E-state index in [2.05, 4.69) is 13.8 Å². The van der Waals surface area contributed by atoms with E-state index in [-0.39, 0.29) is 18.3 Å². The summed E-state index contributed by atoms with van der Waals surface area (Å²) in [5, 5.41) is 0. The summed E-state index contributed by atoms with van der Waals surface area (Å²) < 4.78 is 0. The first-order chi connectivity index (χ1) is 7.51. The molecule has 0 saturated carbocycles.